The standard InChI is InChI=1S/C24H22N2O3/c1-15-9-10-18(11-16(15)2)26-23(17-12-19(28-3)14-20(13-17)29-4)25-22-8-6-5-7-21(22)24(26)27/h5-14H,1-4H3. The molecule has 146 valence electrons. The van der Waals surface area contributed by atoms with E-state index in [1.54, 1.807) is 30.9 Å². The fourth-order valence-corrected chi connectivity index (χ4v) is 3.37. The lowest BCUT2D eigenvalue weighted by atomic mass is 10.1. The van der Waals surface area contributed by atoms with Gasteiger partial charge in [-0.3, -0.25) is 9.36 Å². The number of methoxy groups -OCH3 is 2. The molecule has 5 heteroatoms. The monoisotopic (exact) mass is 386 g/mol. The Morgan fingerprint density at radius 3 is 2.17 bits per heavy atom. The maximum absolute atomic E-state index is 13.5. The van der Waals surface area contributed by atoms with E-state index in [2.05, 4.69) is 0 Å². The van der Waals surface area contributed by atoms with Crippen molar-refractivity contribution in [2.24, 2.45) is 0 Å². The molecule has 0 aliphatic carbocycles. The molecule has 1 heterocycles. The average molecular weight is 386 g/mol. The molecule has 0 bridgehead atoms. The highest BCUT2D eigenvalue weighted by molar-refractivity contribution is 5.81. The van der Waals surface area contributed by atoms with Gasteiger partial charge in [-0.25, -0.2) is 4.98 Å². The molecule has 1 aromatic heterocycles. The second-order valence-electron chi connectivity index (χ2n) is 6.96. The van der Waals surface area contributed by atoms with E-state index in [1.165, 1.54) is 5.56 Å². The molecule has 3 aromatic carbocycles. The zero-order chi connectivity index (χ0) is 20.5. The van der Waals surface area contributed by atoms with Crippen LogP contribution in [0.3, 0.4) is 0 Å². The molecule has 4 rings (SSSR count). The van der Waals surface area contributed by atoms with E-state index in [0.29, 0.717) is 28.2 Å². The van der Waals surface area contributed by atoms with Crippen LogP contribution in [0.1, 0.15) is 11.1 Å². The summed E-state index contributed by atoms with van der Waals surface area (Å²) in [5.74, 6) is 1.80. The molecule has 0 spiro atoms. The number of aryl methyl sites for hydroxylation is 2. The Bertz CT molecular complexity index is 1250. The number of fused-ring (bicyclic) bond motifs is 1. The number of rotatable bonds is 4. The van der Waals surface area contributed by atoms with Crippen molar-refractivity contribution in [2.75, 3.05) is 14.2 Å². The molecule has 0 saturated carbocycles. The van der Waals surface area contributed by atoms with E-state index >= 15 is 0 Å². The van der Waals surface area contributed by atoms with Gasteiger partial charge in [-0.1, -0.05) is 18.2 Å². The Morgan fingerprint density at radius 1 is 0.828 bits per heavy atom. The van der Waals surface area contributed by atoms with Gasteiger partial charge in [0.25, 0.3) is 5.56 Å². The third-order valence-electron chi connectivity index (χ3n) is 5.13. The molecule has 0 amide bonds. The van der Waals surface area contributed by atoms with Crippen molar-refractivity contribution in [1.29, 1.82) is 0 Å². The number of nitrogens with zero attached hydrogens (tertiary/aromatic N) is 2. The average Bonchev–Trinajstić information content (AvgIpc) is 2.75. The fourth-order valence-electron chi connectivity index (χ4n) is 3.37. The van der Waals surface area contributed by atoms with Gasteiger partial charge in [0.05, 0.1) is 30.8 Å². The van der Waals surface area contributed by atoms with Crippen LogP contribution in [0.4, 0.5) is 0 Å². The Kier molecular flexibility index (Phi) is 4.80. The number of ether oxygens (including phenoxy) is 2. The van der Waals surface area contributed by atoms with E-state index in [-0.39, 0.29) is 5.56 Å². The predicted molar refractivity (Wildman–Crippen MR) is 115 cm³/mol. The van der Waals surface area contributed by atoms with Crippen molar-refractivity contribution in [3.63, 3.8) is 0 Å². The zero-order valence-corrected chi connectivity index (χ0v) is 16.9. The first-order chi connectivity index (χ1) is 14.0. The number of hydrogen-bond acceptors (Lipinski definition) is 4. The summed E-state index contributed by atoms with van der Waals surface area (Å²) < 4.78 is 12.5. The van der Waals surface area contributed by atoms with Gasteiger partial charge in [0.2, 0.25) is 0 Å². The first-order valence-electron chi connectivity index (χ1n) is 9.34. The largest absolute Gasteiger partial charge is 0.497 e. The van der Waals surface area contributed by atoms with E-state index < -0.39 is 0 Å². The SMILES string of the molecule is COc1cc(OC)cc(-c2nc3ccccc3c(=O)n2-c2ccc(C)c(C)c2)c1. The molecule has 0 saturated heterocycles. The molecular weight excluding hydrogens is 364 g/mol. The molecule has 0 unspecified atom stereocenters. The normalized spacial score (nSPS) is 10.9. The first kappa shape index (κ1) is 18.7. The molecule has 0 atom stereocenters. The maximum atomic E-state index is 13.5. The molecular formula is C24H22N2O3. The van der Waals surface area contributed by atoms with Crippen LogP contribution in [-0.2, 0) is 0 Å². The van der Waals surface area contributed by atoms with E-state index in [0.717, 1.165) is 16.8 Å². The van der Waals surface area contributed by atoms with Crippen molar-refractivity contribution >= 4 is 10.9 Å². The van der Waals surface area contributed by atoms with Gasteiger partial charge in [0, 0.05) is 11.6 Å². The summed E-state index contributed by atoms with van der Waals surface area (Å²) in [6.45, 7) is 4.08. The van der Waals surface area contributed by atoms with Crippen molar-refractivity contribution in [3.8, 4) is 28.6 Å². The maximum Gasteiger partial charge on any atom is 0.266 e. The number of para-hydroxylation sites is 1. The van der Waals surface area contributed by atoms with Crippen molar-refractivity contribution in [2.45, 2.75) is 13.8 Å². The van der Waals surface area contributed by atoms with Crippen molar-refractivity contribution < 1.29 is 9.47 Å². The number of benzene rings is 3. The van der Waals surface area contributed by atoms with E-state index in [4.69, 9.17) is 14.5 Å². The summed E-state index contributed by atoms with van der Waals surface area (Å²) in [5.41, 5.74) is 4.32. The molecule has 0 aliphatic rings. The van der Waals surface area contributed by atoms with Crippen LogP contribution in [0, 0.1) is 13.8 Å². The third kappa shape index (κ3) is 3.36. The van der Waals surface area contributed by atoms with Gasteiger partial charge in [-0.05, 0) is 61.4 Å². The highest BCUT2D eigenvalue weighted by atomic mass is 16.5. The Morgan fingerprint density at radius 2 is 1.52 bits per heavy atom. The first-order valence-corrected chi connectivity index (χ1v) is 9.34. The number of aromatic nitrogens is 2. The topological polar surface area (TPSA) is 53.4 Å². The molecule has 0 N–H and O–H groups in total. The summed E-state index contributed by atoms with van der Waals surface area (Å²) in [5, 5.41) is 0.573. The minimum Gasteiger partial charge on any atom is -0.497 e. The molecule has 5 nitrogen and oxygen atoms in total. The lowest BCUT2D eigenvalue weighted by Crippen LogP contribution is -2.22. The summed E-state index contributed by atoms with van der Waals surface area (Å²) in [6, 6.07) is 18.9. The van der Waals surface area contributed by atoms with Gasteiger partial charge >= 0.3 is 0 Å². The third-order valence-corrected chi connectivity index (χ3v) is 5.13. The van der Waals surface area contributed by atoms with Crippen molar-refractivity contribution in [3.05, 3.63) is 82.1 Å². The Balaban J connectivity index is 2.10. The zero-order valence-electron chi connectivity index (χ0n) is 16.9. The highest BCUT2D eigenvalue weighted by Gasteiger charge is 2.16. The van der Waals surface area contributed by atoms with Crippen LogP contribution in [0.2, 0.25) is 0 Å². The van der Waals surface area contributed by atoms with Gasteiger partial charge in [0.1, 0.15) is 17.3 Å². The van der Waals surface area contributed by atoms with Crippen LogP contribution < -0.4 is 15.0 Å². The van der Waals surface area contributed by atoms with Gasteiger partial charge < -0.3 is 9.47 Å². The van der Waals surface area contributed by atoms with Crippen LogP contribution in [0.15, 0.2) is 65.5 Å². The van der Waals surface area contributed by atoms with E-state index in [1.807, 2.05) is 62.4 Å². The predicted octanol–water partition coefficient (Wildman–Crippen LogP) is 4.69. The summed E-state index contributed by atoms with van der Waals surface area (Å²) >= 11 is 0. The van der Waals surface area contributed by atoms with Gasteiger partial charge in [-0.15, -0.1) is 0 Å². The summed E-state index contributed by atoms with van der Waals surface area (Å²) in [6.07, 6.45) is 0. The van der Waals surface area contributed by atoms with E-state index in [9.17, 15) is 4.79 Å². The smallest absolute Gasteiger partial charge is 0.266 e. The van der Waals surface area contributed by atoms with Crippen LogP contribution in [0.25, 0.3) is 28.0 Å². The summed E-state index contributed by atoms with van der Waals surface area (Å²) in [7, 11) is 3.20. The molecule has 29 heavy (non-hydrogen) atoms. The summed E-state index contributed by atoms with van der Waals surface area (Å²) in [4.78, 5) is 18.3. The molecule has 0 radical (unpaired) electrons. The molecule has 4 aromatic rings. The van der Waals surface area contributed by atoms with Crippen molar-refractivity contribution in [1.82, 2.24) is 9.55 Å². The lowest BCUT2D eigenvalue weighted by molar-refractivity contribution is 0.394. The lowest BCUT2D eigenvalue weighted by Gasteiger charge is -2.16. The Hall–Kier alpha value is -3.60. The Labute approximate surface area is 169 Å². The second-order valence-corrected chi connectivity index (χ2v) is 6.96. The highest BCUT2D eigenvalue weighted by Crippen LogP contribution is 2.30. The molecule has 0 fully saturated rings. The van der Waals surface area contributed by atoms with Gasteiger partial charge in [-0.2, -0.15) is 0 Å². The van der Waals surface area contributed by atoms with Gasteiger partial charge in [0.15, 0.2) is 0 Å². The second kappa shape index (κ2) is 7.43. The van der Waals surface area contributed by atoms with Crippen LogP contribution in [0.5, 0.6) is 11.5 Å². The minimum absolute atomic E-state index is 0.115. The number of hydrogen-bond donors (Lipinski definition) is 0. The fraction of sp³-hybridized carbons (Fsp3) is 0.167. The minimum atomic E-state index is -0.115. The quantitative estimate of drug-likeness (QED) is 0.511. The van der Waals surface area contributed by atoms with Crippen LogP contribution in [-0.4, -0.2) is 23.8 Å². The van der Waals surface area contributed by atoms with Crippen LogP contribution >= 0.6 is 0 Å². The molecule has 0 aliphatic heterocycles.